The van der Waals surface area contributed by atoms with Crippen LogP contribution in [0.1, 0.15) is 258 Å². The van der Waals surface area contributed by atoms with Crippen molar-refractivity contribution in [3.63, 3.8) is 0 Å². The van der Waals surface area contributed by atoms with Crippen LogP contribution >= 0.6 is 7.82 Å². The largest absolute Gasteiger partial charge is 0.588 e. The van der Waals surface area contributed by atoms with E-state index in [-0.39, 0.29) is 36.7 Å². The van der Waals surface area contributed by atoms with Crippen LogP contribution in [0.25, 0.3) is 0 Å². The highest BCUT2D eigenvalue weighted by molar-refractivity contribution is 7.49. The molecule has 16 heteroatoms. The fourth-order valence-electron chi connectivity index (χ4n) is 10.7. The summed E-state index contributed by atoms with van der Waals surface area (Å²) in [5.74, 6) is -2.79. The number of aliphatic hydroxyl groups is 3. The number of phosphoric ester groups is 1. The van der Waals surface area contributed by atoms with Gasteiger partial charge in [-0.2, -0.15) is 0 Å². The van der Waals surface area contributed by atoms with Crippen LogP contribution in [0, 0.1) is 5.92 Å². The van der Waals surface area contributed by atoms with Crippen LogP contribution in [0.15, 0.2) is 60.7 Å². The number of aliphatic hydroxyl groups excluding tert-OH is 3. The van der Waals surface area contributed by atoms with Crippen molar-refractivity contribution in [3.05, 3.63) is 60.7 Å². The van der Waals surface area contributed by atoms with Crippen molar-refractivity contribution in [2.75, 3.05) is 26.3 Å². The normalized spacial score (nSPS) is 14.5. The van der Waals surface area contributed by atoms with Gasteiger partial charge in [0, 0.05) is 19.5 Å². The average molecular weight is 1170 g/mol. The molecule has 4 N–H and O–H groups in total. The first-order valence-electron chi connectivity index (χ1n) is 32.6. The van der Waals surface area contributed by atoms with Gasteiger partial charge in [0.25, 0.3) is 0 Å². The molecule has 1 fully saturated rings. The second kappa shape index (κ2) is 46.3. The molecule has 0 radical (unpaired) electrons. The van der Waals surface area contributed by atoms with Crippen LogP contribution in [0.2, 0.25) is 0 Å². The van der Waals surface area contributed by atoms with Crippen LogP contribution < -0.4 is 14.4 Å². The van der Waals surface area contributed by atoms with Gasteiger partial charge in [-0.25, -0.2) is 4.57 Å². The standard InChI is InChI=1S/C66H111N2O13P/c1-4-7-10-13-16-19-22-24-27-32-41-55(42-33-28-25-23-20-17-14-11-8-5-2)66(75)78-64(59(53-69)67-61(72)52-56(70)43-34-29-26-21-18-15-12-9-6-3)65(60(71)54-77-63(74)49-48-62(73)68-50-39-40-51-68)81-82(76,79-57-44-35-30-36-45-57)80-58-46-37-31-38-47-58/h30-31,35-38,44-47,55-56,59-60,64-65,69-71H,4-29,32-34,39-43,48-54H2,1-3H3,(H,67,72)/t56-,59+,60-,64-,65-/m1/s1. The van der Waals surface area contributed by atoms with E-state index in [9.17, 15) is 29.7 Å². The molecule has 15 nitrogen and oxygen atoms in total. The molecule has 2 aromatic rings. The molecule has 0 saturated carbocycles. The van der Waals surface area contributed by atoms with Crippen LogP contribution in [0.5, 0.6) is 11.5 Å². The minimum atomic E-state index is -4.97. The average Bonchev–Trinajstić information content (AvgIpc) is 4.02. The molecule has 1 heterocycles. The highest BCUT2D eigenvalue weighted by Gasteiger charge is 2.47. The number of phosphoric acid groups is 1. The lowest BCUT2D eigenvalue weighted by molar-refractivity contribution is -0.173. The maximum atomic E-state index is 15.3. The van der Waals surface area contributed by atoms with E-state index in [1.165, 1.54) is 133 Å². The van der Waals surface area contributed by atoms with Crippen molar-refractivity contribution in [3.8, 4) is 11.5 Å². The second-order valence-electron chi connectivity index (χ2n) is 23.0. The first-order valence-corrected chi connectivity index (χ1v) is 34.1. The lowest BCUT2D eigenvalue weighted by Crippen LogP contribution is -2.57. The molecule has 0 unspecified atom stereocenters. The monoisotopic (exact) mass is 1170 g/mol. The Kier molecular flexibility index (Phi) is 40.8. The summed E-state index contributed by atoms with van der Waals surface area (Å²) in [5, 5.41) is 37.5. The first-order chi connectivity index (χ1) is 39.9. The van der Waals surface area contributed by atoms with E-state index >= 15 is 9.36 Å². The lowest BCUT2D eigenvalue weighted by atomic mass is 9.93. The SMILES string of the molecule is CCCCCCCCCCCCC(CCCCCCCCCCCC)C(=O)O[C@@H]([C@H](OP(=O)(Oc1ccccc1)Oc1ccccc1)[C@H](O)COC(=O)CCC(=O)N1CCCC1)[C@H](CO)NC(=O)C[C@H](O)CCCCCCCCCCC. The minimum Gasteiger partial charge on any atom is -0.463 e. The van der Waals surface area contributed by atoms with E-state index in [1.54, 1.807) is 41.3 Å². The Balaban J connectivity index is 2.00. The van der Waals surface area contributed by atoms with Gasteiger partial charge in [0.2, 0.25) is 11.8 Å². The highest BCUT2D eigenvalue weighted by atomic mass is 31.2. The highest BCUT2D eigenvalue weighted by Crippen LogP contribution is 2.52. The van der Waals surface area contributed by atoms with Gasteiger partial charge in [-0.1, -0.05) is 243 Å². The molecule has 5 atom stereocenters. The zero-order valence-corrected chi connectivity index (χ0v) is 51.9. The number of carbonyl (C=O) groups excluding carboxylic acids is 4. The third kappa shape index (κ3) is 33.5. The number of hydrogen-bond donors (Lipinski definition) is 4. The number of nitrogens with zero attached hydrogens (tertiary/aromatic N) is 1. The number of nitrogens with one attached hydrogen (secondary N) is 1. The van der Waals surface area contributed by atoms with Crippen LogP contribution in [-0.2, 0) is 37.7 Å². The molecule has 1 aliphatic heterocycles. The minimum absolute atomic E-state index is 0.0682. The van der Waals surface area contributed by atoms with Crippen molar-refractivity contribution < 1.29 is 62.1 Å². The van der Waals surface area contributed by atoms with E-state index < -0.39 is 75.3 Å². The van der Waals surface area contributed by atoms with Crippen molar-refractivity contribution in [1.82, 2.24) is 10.2 Å². The third-order valence-electron chi connectivity index (χ3n) is 15.7. The molecule has 468 valence electrons. The Labute approximate surface area is 495 Å². The van der Waals surface area contributed by atoms with Crippen LogP contribution in [0.3, 0.4) is 0 Å². The van der Waals surface area contributed by atoms with Gasteiger partial charge in [-0.05, 0) is 56.4 Å². The summed E-state index contributed by atoms with van der Waals surface area (Å²) in [7, 11) is -4.97. The van der Waals surface area contributed by atoms with Gasteiger partial charge in [0.05, 0.1) is 37.5 Å². The summed E-state index contributed by atoms with van der Waals surface area (Å²) < 4.78 is 45.8. The predicted octanol–water partition coefficient (Wildman–Crippen LogP) is 15.2. The van der Waals surface area contributed by atoms with Crippen molar-refractivity contribution in [1.29, 1.82) is 0 Å². The van der Waals surface area contributed by atoms with Crippen molar-refractivity contribution >= 4 is 31.6 Å². The maximum Gasteiger partial charge on any atom is 0.588 e. The van der Waals surface area contributed by atoms with Crippen molar-refractivity contribution in [2.24, 2.45) is 5.92 Å². The van der Waals surface area contributed by atoms with E-state index in [0.717, 1.165) is 89.9 Å². The molecule has 1 aliphatic rings. The van der Waals surface area contributed by atoms with Gasteiger partial charge in [0.15, 0.2) is 6.10 Å². The maximum absolute atomic E-state index is 15.3. The Bertz CT molecular complexity index is 1910. The summed E-state index contributed by atoms with van der Waals surface area (Å²) in [6.07, 6.45) is 27.9. The second-order valence-corrected chi connectivity index (χ2v) is 24.5. The van der Waals surface area contributed by atoms with E-state index in [0.29, 0.717) is 32.4 Å². The number of benzene rings is 2. The molecule has 0 aromatic heterocycles. The Morgan fingerprint density at radius 2 is 0.976 bits per heavy atom. The molecule has 2 aromatic carbocycles. The summed E-state index contributed by atoms with van der Waals surface area (Å²) in [4.78, 5) is 56.9. The smallest absolute Gasteiger partial charge is 0.463 e. The molecular weight excluding hydrogens is 1060 g/mol. The number of carbonyl (C=O) groups is 4. The van der Waals surface area contributed by atoms with Crippen molar-refractivity contribution in [2.45, 2.75) is 289 Å². The molecule has 2 amide bonds. The molecular formula is C66H111N2O13P. The molecule has 0 spiro atoms. The number of para-hydroxylation sites is 2. The summed E-state index contributed by atoms with van der Waals surface area (Å²) >= 11 is 0. The van der Waals surface area contributed by atoms with Gasteiger partial charge < -0.3 is 44.1 Å². The number of unbranched alkanes of at least 4 members (excludes halogenated alkanes) is 26. The van der Waals surface area contributed by atoms with Gasteiger partial charge in [0.1, 0.15) is 30.3 Å². The summed E-state index contributed by atoms with van der Waals surface area (Å²) in [6, 6.07) is 14.7. The number of esters is 2. The fourth-order valence-corrected chi connectivity index (χ4v) is 12.2. The fraction of sp³-hybridized carbons (Fsp3) is 0.758. The quantitative estimate of drug-likeness (QED) is 0.0277. The summed E-state index contributed by atoms with van der Waals surface area (Å²) in [6.45, 7) is 6.22. The van der Waals surface area contributed by atoms with Gasteiger partial charge >= 0.3 is 19.8 Å². The lowest BCUT2D eigenvalue weighted by Gasteiger charge is -2.36. The first kappa shape index (κ1) is 72.2. The van der Waals surface area contributed by atoms with E-state index in [2.05, 4.69) is 26.1 Å². The number of rotatable bonds is 52. The number of amides is 2. The van der Waals surface area contributed by atoms with Crippen LogP contribution in [0.4, 0.5) is 0 Å². The topological polar surface area (TPSA) is 207 Å². The molecule has 0 aliphatic carbocycles. The Morgan fingerprint density at radius 3 is 1.40 bits per heavy atom. The predicted molar refractivity (Wildman–Crippen MR) is 326 cm³/mol. The molecule has 82 heavy (non-hydrogen) atoms. The summed E-state index contributed by atoms with van der Waals surface area (Å²) in [5.41, 5.74) is 0. The van der Waals surface area contributed by atoms with Gasteiger partial charge in [-0.15, -0.1) is 0 Å². The Hall–Kier alpha value is -4.01. The number of hydrogen-bond acceptors (Lipinski definition) is 13. The number of likely N-dealkylation sites (tertiary alicyclic amines) is 1. The molecule has 1 saturated heterocycles. The van der Waals surface area contributed by atoms with Crippen LogP contribution in [-0.4, -0.2) is 101 Å². The Morgan fingerprint density at radius 1 is 0.561 bits per heavy atom. The number of ether oxygens (including phenoxy) is 2. The molecule has 0 bridgehead atoms. The van der Waals surface area contributed by atoms with E-state index in [1.807, 2.05) is 0 Å². The zero-order chi connectivity index (χ0) is 59.3. The molecule has 3 rings (SSSR count). The van der Waals surface area contributed by atoms with Gasteiger partial charge in [-0.3, -0.25) is 23.7 Å². The third-order valence-corrected chi connectivity index (χ3v) is 17.1. The zero-order valence-electron chi connectivity index (χ0n) is 51.0. The van der Waals surface area contributed by atoms with E-state index in [4.69, 9.17) is 23.0 Å².